The van der Waals surface area contributed by atoms with Gasteiger partial charge in [-0.2, -0.15) is 5.21 Å². The van der Waals surface area contributed by atoms with Crippen molar-refractivity contribution in [3.63, 3.8) is 0 Å². The number of nitrogens with one attached hydrogen (secondary N) is 2. The lowest BCUT2D eigenvalue weighted by Gasteiger charge is -2.05. The van der Waals surface area contributed by atoms with Crippen molar-refractivity contribution in [3.05, 3.63) is 59.9 Å². The van der Waals surface area contributed by atoms with E-state index in [4.69, 9.17) is 0 Å². The van der Waals surface area contributed by atoms with Crippen molar-refractivity contribution in [1.29, 1.82) is 0 Å². The van der Waals surface area contributed by atoms with Crippen LogP contribution in [0.3, 0.4) is 0 Å². The Morgan fingerprint density at radius 2 is 1.91 bits per heavy atom. The number of fused-ring (bicyclic) bond motifs is 1. The Kier molecular flexibility index (Phi) is 3.59. The number of nitrogens with zero attached hydrogens (tertiary/aromatic N) is 3. The highest BCUT2D eigenvalue weighted by Gasteiger charge is 2.16. The number of hydrogen-bond acceptors (Lipinski definition) is 4. The van der Waals surface area contributed by atoms with Gasteiger partial charge in [0.05, 0.1) is 11.4 Å². The first-order valence-corrected chi connectivity index (χ1v) is 8.33. The van der Waals surface area contributed by atoms with E-state index in [-0.39, 0.29) is 0 Å². The summed E-state index contributed by atoms with van der Waals surface area (Å²) in [5, 5.41) is 15.5. The van der Waals surface area contributed by atoms with E-state index in [0.717, 1.165) is 11.2 Å². The summed E-state index contributed by atoms with van der Waals surface area (Å²) in [7, 11) is 0. The van der Waals surface area contributed by atoms with E-state index in [1.165, 1.54) is 21.4 Å². The zero-order chi connectivity index (χ0) is 15.6. The van der Waals surface area contributed by atoms with Crippen LogP contribution in [0, 0.1) is 6.92 Å². The van der Waals surface area contributed by atoms with Crippen LogP contribution in [0.4, 0.5) is 0 Å². The number of rotatable bonds is 4. The van der Waals surface area contributed by atoms with Gasteiger partial charge in [-0.3, -0.25) is 0 Å². The van der Waals surface area contributed by atoms with Crippen molar-refractivity contribution in [2.75, 3.05) is 0 Å². The van der Waals surface area contributed by atoms with Crippen LogP contribution in [0.15, 0.2) is 53.4 Å². The minimum absolute atomic E-state index is 0.678. The van der Waals surface area contributed by atoms with Gasteiger partial charge in [0.2, 0.25) is 0 Å². The molecule has 5 nitrogen and oxygen atoms in total. The molecule has 0 unspecified atom stereocenters. The second-order valence-electron chi connectivity index (χ2n) is 5.31. The second-order valence-corrected chi connectivity index (χ2v) is 6.29. The van der Waals surface area contributed by atoms with Crippen molar-refractivity contribution >= 4 is 22.7 Å². The number of tetrazole rings is 1. The Morgan fingerprint density at radius 1 is 1.04 bits per heavy atom. The first-order valence-electron chi connectivity index (χ1n) is 7.35. The minimum atomic E-state index is 0.678. The molecule has 0 amide bonds. The monoisotopic (exact) mass is 321 g/mol. The molecule has 0 fully saturated rings. The van der Waals surface area contributed by atoms with E-state index in [1.54, 1.807) is 11.8 Å². The Balaban J connectivity index is 1.84. The molecular formula is C17H15N5S. The maximum Gasteiger partial charge on any atom is 0.184 e. The zero-order valence-corrected chi connectivity index (χ0v) is 13.4. The third-order valence-corrected chi connectivity index (χ3v) is 4.88. The van der Waals surface area contributed by atoms with Gasteiger partial charge in [0.15, 0.2) is 5.82 Å². The molecule has 0 spiro atoms. The van der Waals surface area contributed by atoms with Crippen LogP contribution in [0.25, 0.3) is 22.2 Å². The highest BCUT2D eigenvalue weighted by Crippen LogP contribution is 2.40. The van der Waals surface area contributed by atoms with Crippen molar-refractivity contribution in [2.24, 2.45) is 0 Å². The number of aromatic nitrogens is 5. The molecule has 0 atom stereocenters. The van der Waals surface area contributed by atoms with Gasteiger partial charge in [-0.05, 0) is 24.1 Å². The fourth-order valence-electron chi connectivity index (χ4n) is 2.72. The molecule has 0 aliphatic rings. The van der Waals surface area contributed by atoms with Crippen molar-refractivity contribution in [1.82, 2.24) is 25.6 Å². The standard InChI is InChI=1S/C17H15N5S/c1-11-6-5-9-13-15(11)17(23-10-14-19-21-22-20-14)16(18-13)12-7-3-2-4-8-12/h2-9,18H,10H2,1H3,(H,19,20,21,22). The Morgan fingerprint density at radius 3 is 2.70 bits per heavy atom. The Labute approximate surface area is 137 Å². The van der Waals surface area contributed by atoms with Gasteiger partial charge in [0, 0.05) is 15.8 Å². The molecule has 2 heterocycles. The lowest BCUT2D eigenvalue weighted by Crippen LogP contribution is -1.86. The summed E-state index contributed by atoms with van der Waals surface area (Å²) in [6.07, 6.45) is 0. The average Bonchev–Trinajstić information content (AvgIpc) is 3.22. The molecule has 0 radical (unpaired) electrons. The van der Waals surface area contributed by atoms with Crippen LogP contribution >= 0.6 is 11.8 Å². The summed E-state index contributed by atoms with van der Waals surface area (Å²) < 4.78 is 0. The third-order valence-electron chi connectivity index (χ3n) is 3.78. The van der Waals surface area contributed by atoms with Gasteiger partial charge in [0.25, 0.3) is 0 Å². The van der Waals surface area contributed by atoms with Crippen molar-refractivity contribution in [2.45, 2.75) is 17.6 Å². The first kappa shape index (κ1) is 14.0. The molecule has 0 saturated carbocycles. The van der Waals surface area contributed by atoms with E-state index >= 15 is 0 Å². The highest BCUT2D eigenvalue weighted by atomic mass is 32.2. The van der Waals surface area contributed by atoms with E-state index in [2.05, 4.69) is 75.0 Å². The summed E-state index contributed by atoms with van der Waals surface area (Å²) in [4.78, 5) is 4.80. The molecule has 0 aliphatic heterocycles. The van der Waals surface area contributed by atoms with Crippen LogP contribution in [0.1, 0.15) is 11.4 Å². The number of H-pyrrole nitrogens is 2. The molecule has 0 aliphatic carbocycles. The van der Waals surface area contributed by atoms with Gasteiger partial charge >= 0.3 is 0 Å². The van der Waals surface area contributed by atoms with Crippen LogP contribution in [0.5, 0.6) is 0 Å². The predicted molar refractivity (Wildman–Crippen MR) is 92.2 cm³/mol. The third kappa shape index (κ3) is 2.61. The molecule has 2 aromatic carbocycles. The first-order chi connectivity index (χ1) is 11.3. The normalized spacial score (nSPS) is 11.2. The summed E-state index contributed by atoms with van der Waals surface area (Å²) in [6.45, 7) is 2.14. The quantitative estimate of drug-likeness (QED) is 0.558. The Bertz CT molecular complexity index is 928. The molecule has 0 bridgehead atoms. The van der Waals surface area contributed by atoms with E-state index < -0.39 is 0 Å². The van der Waals surface area contributed by atoms with E-state index in [1.807, 2.05) is 6.07 Å². The maximum atomic E-state index is 4.04. The molecule has 114 valence electrons. The number of benzene rings is 2. The summed E-state index contributed by atoms with van der Waals surface area (Å²) in [5.41, 5.74) is 4.73. The number of hydrogen-bond donors (Lipinski definition) is 2. The van der Waals surface area contributed by atoms with Crippen LogP contribution in [-0.2, 0) is 5.75 Å². The number of aromatic amines is 2. The summed E-state index contributed by atoms with van der Waals surface area (Å²) >= 11 is 1.73. The predicted octanol–water partition coefficient (Wildman–Crippen LogP) is 3.95. The molecule has 0 saturated heterocycles. The van der Waals surface area contributed by atoms with Crippen molar-refractivity contribution < 1.29 is 0 Å². The SMILES string of the molecule is Cc1cccc2[nH]c(-c3ccccc3)c(SCc3nn[nH]n3)c12. The largest absolute Gasteiger partial charge is 0.354 e. The van der Waals surface area contributed by atoms with Gasteiger partial charge < -0.3 is 4.98 Å². The van der Waals surface area contributed by atoms with E-state index in [0.29, 0.717) is 11.6 Å². The topological polar surface area (TPSA) is 70.2 Å². The Hall–Kier alpha value is -2.60. The molecule has 4 aromatic rings. The maximum absolute atomic E-state index is 4.04. The van der Waals surface area contributed by atoms with Crippen LogP contribution in [0.2, 0.25) is 0 Å². The van der Waals surface area contributed by atoms with Gasteiger partial charge in [-0.1, -0.05) is 47.7 Å². The van der Waals surface area contributed by atoms with E-state index in [9.17, 15) is 0 Å². The summed E-state index contributed by atoms with van der Waals surface area (Å²) in [5.74, 6) is 1.38. The smallest absolute Gasteiger partial charge is 0.184 e. The van der Waals surface area contributed by atoms with Gasteiger partial charge in [-0.25, -0.2) is 0 Å². The fourth-order valence-corrected chi connectivity index (χ4v) is 3.85. The number of thioether (sulfide) groups is 1. The molecule has 4 rings (SSSR count). The minimum Gasteiger partial charge on any atom is -0.354 e. The lowest BCUT2D eigenvalue weighted by molar-refractivity contribution is 0.881. The van der Waals surface area contributed by atoms with Gasteiger partial charge in [0.1, 0.15) is 0 Å². The molecule has 6 heteroatoms. The van der Waals surface area contributed by atoms with Crippen LogP contribution < -0.4 is 0 Å². The zero-order valence-electron chi connectivity index (χ0n) is 12.6. The summed E-state index contributed by atoms with van der Waals surface area (Å²) in [6, 6.07) is 16.7. The average molecular weight is 321 g/mol. The second kappa shape index (κ2) is 5.89. The molecule has 2 N–H and O–H groups in total. The molecule has 23 heavy (non-hydrogen) atoms. The van der Waals surface area contributed by atoms with Gasteiger partial charge in [-0.15, -0.1) is 22.0 Å². The fraction of sp³-hybridized carbons (Fsp3) is 0.118. The van der Waals surface area contributed by atoms with Crippen molar-refractivity contribution in [3.8, 4) is 11.3 Å². The molecular weight excluding hydrogens is 306 g/mol. The lowest BCUT2D eigenvalue weighted by atomic mass is 10.1. The highest BCUT2D eigenvalue weighted by molar-refractivity contribution is 7.98. The number of aryl methyl sites for hydroxylation is 1. The van der Waals surface area contributed by atoms with Crippen LogP contribution in [-0.4, -0.2) is 25.6 Å². The molecule has 2 aromatic heterocycles.